The van der Waals surface area contributed by atoms with Gasteiger partial charge in [-0.05, 0) is 62.7 Å². The van der Waals surface area contributed by atoms with Crippen LogP contribution in [0.5, 0.6) is 5.75 Å². The van der Waals surface area contributed by atoms with E-state index in [-0.39, 0.29) is 5.91 Å². The topological polar surface area (TPSA) is 70.7 Å². The number of hydrogen-bond donors (Lipinski definition) is 2. The van der Waals surface area contributed by atoms with Crippen molar-refractivity contribution >= 4 is 17.5 Å². The summed E-state index contributed by atoms with van der Waals surface area (Å²) in [5.74, 6) is -0.157. The second-order valence-corrected chi connectivity index (χ2v) is 5.81. The Morgan fingerprint density at radius 2 is 1.46 bits per heavy atom. The van der Waals surface area contributed by atoms with Crippen LogP contribution in [-0.4, -0.2) is 32.0 Å². The average Bonchev–Trinajstić information content (AvgIpc) is 2.67. The number of nitrogens with zero attached hydrogens (tertiary/aromatic N) is 1. The molecule has 0 fully saturated rings. The lowest BCUT2D eigenvalue weighted by Gasteiger charge is -2.21. The van der Waals surface area contributed by atoms with Gasteiger partial charge < -0.3 is 9.64 Å². The van der Waals surface area contributed by atoms with Crippen molar-refractivity contribution in [3.8, 4) is 5.75 Å². The monoisotopic (exact) mass is 355 g/mol. The van der Waals surface area contributed by atoms with Crippen molar-refractivity contribution in [2.24, 2.45) is 0 Å². The third-order valence-electron chi connectivity index (χ3n) is 4.22. The second kappa shape index (κ2) is 8.89. The van der Waals surface area contributed by atoms with E-state index in [0.717, 1.165) is 24.3 Å². The van der Waals surface area contributed by atoms with Gasteiger partial charge in [0.2, 0.25) is 0 Å². The van der Waals surface area contributed by atoms with Crippen molar-refractivity contribution in [1.29, 1.82) is 0 Å². The van der Waals surface area contributed by atoms with E-state index in [2.05, 4.69) is 29.6 Å². The number of carbonyl (C=O) groups is 2. The molecule has 6 nitrogen and oxygen atoms in total. The molecule has 0 spiro atoms. The van der Waals surface area contributed by atoms with Gasteiger partial charge in [-0.1, -0.05) is 6.07 Å². The maximum Gasteiger partial charge on any atom is 0.269 e. The minimum atomic E-state index is -0.406. The zero-order valence-corrected chi connectivity index (χ0v) is 15.6. The highest BCUT2D eigenvalue weighted by atomic mass is 16.5. The summed E-state index contributed by atoms with van der Waals surface area (Å²) >= 11 is 0. The molecule has 2 amide bonds. The number of amides is 2. The largest absolute Gasteiger partial charge is 0.496 e. The number of nitrogens with one attached hydrogen (secondary N) is 2. The average molecular weight is 355 g/mol. The molecule has 0 aliphatic carbocycles. The Bertz CT molecular complexity index is 768. The number of aryl methyl sites for hydroxylation is 1. The number of carbonyl (C=O) groups excluding carboxylic acids is 2. The highest BCUT2D eigenvalue weighted by molar-refractivity contribution is 5.99. The fourth-order valence-corrected chi connectivity index (χ4v) is 2.63. The van der Waals surface area contributed by atoms with Gasteiger partial charge in [0, 0.05) is 29.9 Å². The molecule has 0 bridgehead atoms. The standard InChI is InChI=1S/C20H25N3O3/c1-5-23(6-2)17-11-9-15(10-12-17)19(24)21-22-20(25)16-8-7-14(3)18(13-16)26-4/h7-13H,5-6H2,1-4H3,(H,21,24)(H,22,25). The Hall–Kier alpha value is -3.02. The molecule has 2 aromatic rings. The van der Waals surface area contributed by atoms with Crippen LogP contribution in [0.15, 0.2) is 42.5 Å². The Labute approximate surface area is 154 Å². The lowest BCUT2D eigenvalue weighted by molar-refractivity contribution is 0.0846. The highest BCUT2D eigenvalue weighted by Crippen LogP contribution is 2.19. The molecule has 0 aliphatic heterocycles. The van der Waals surface area contributed by atoms with Gasteiger partial charge in [0.25, 0.3) is 11.8 Å². The first kappa shape index (κ1) is 19.3. The molecule has 2 N–H and O–H groups in total. The number of hydrogen-bond acceptors (Lipinski definition) is 4. The maximum atomic E-state index is 12.2. The van der Waals surface area contributed by atoms with Crippen molar-refractivity contribution in [2.75, 3.05) is 25.1 Å². The van der Waals surface area contributed by atoms with Crippen LogP contribution in [0.25, 0.3) is 0 Å². The number of rotatable bonds is 6. The summed E-state index contributed by atoms with van der Waals surface area (Å²) in [6.07, 6.45) is 0. The first-order chi connectivity index (χ1) is 12.5. The maximum absolute atomic E-state index is 12.2. The van der Waals surface area contributed by atoms with Gasteiger partial charge >= 0.3 is 0 Å². The van der Waals surface area contributed by atoms with E-state index in [1.807, 2.05) is 19.1 Å². The smallest absolute Gasteiger partial charge is 0.269 e. The van der Waals surface area contributed by atoms with Gasteiger partial charge in [-0.15, -0.1) is 0 Å². The lowest BCUT2D eigenvalue weighted by Crippen LogP contribution is -2.41. The van der Waals surface area contributed by atoms with Crippen LogP contribution in [0.4, 0.5) is 5.69 Å². The van der Waals surface area contributed by atoms with Crippen LogP contribution in [0.1, 0.15) is 40.1 Å². The molecule has 0 unspecified atom stereocenters. The zero-order chi connectivity index (χ0) is 19.1. The minimum Gasteiger partial charge on any atom is -0.496 e. The van der Waals surface area contributed by atoms with E-state index in [1.165, 1.54) is 0 Å². The number of ether oxygens (including phenoxy) is 1. The summed E-state index contributed by atoms with van der Waals surface area (Å²) in [5, 5.41) is 0. The Morgan fingerprint density at radius 3 is 2.00 bits per heavy atom. The summed E-state index contributed by atoms with van der Waals surface area (Å²) < 4.78 is 5.21. The van der Waals surface area contributed by atoms with Gasteiger partial charge in [0.1, 0.15) is 5.75 Å². The molecule has 0 heterocycles. The van der Waals surface area contributed by atoms with Crippen LogP contribution in [-0.2, 0) is 0 Å². The van der Waals surface area contributed by atoms with Gasteiger partial charge in [0.05, 0.1) is 7.11 Å². The molecule has 138 valence electrons. The van der Waals surface area contributed by atoms with Crippen LogP contribution in [0, 0.1) is 6.92 Å². The Kier molecular flexibility index (Phi) is 6.60. The van der Waals surface area contributed by atoms with E-state index in [0.29, 0.717) is 16.9 Å². The second-order valence-electron chi connectivity index (χ2n) is 5.81. The van der Waals surface area contributed by atoms with E-state index < -0.39 is 5.91 Å². The number of anilines is 1. The van der Waals surface area contributed by atoms with Gasteiger partial charge in [-0.3, -0.25) is 20.4 Å². The molecule has 6 heteroatoms. The van der Waals surface area contributed by atoms with Crippen molar-refractivity contribution in [2.45, 2.75) is 20.8 Å². The fraction of sp³-hybridized carbons (Fsp3) is 0.300. The predicted molar refractivity (Wildman–Crippen MR) is 103 cm³/mol. The molecule has 0 atom stereocenters. The summed E-state index contributed by atoms with van der Waals surface area (Å²) in [7, 11) is 1.55. The third kappa shape index (κ3) is 4.53. The van der Waals surface area contributed by atoms with Crippen LogP contribution in [0.3, 0.4) is 0 Å². The summed E-state index contributed by atoms with van der Waals surface area (Å²) in [6, 6.07) is 12.4. The normalized spacial score (nSPS) is 10.2. The quantitative estimate of drug-likeness (QED) is 0.782. The molecular weight excluding hydrogens is 330 g/mol. The minimum absolute atomic E-state index is 0.372. The third-order valence-corrected chi connectivity index (χ3v) is 4.22. The van der Waals surface area contributed by atoms with Crippen LogP contribution >= 0.6 is 0 Å². The molecule has 0 saturated carbocycles. The van der Waals surface area contributed by atoms with Crippen molar-refractivity contribution in [3.63, 3.8) is 0 Å². The zero-order valence-electron chi connectivity index (χ0n) is 15.6. The van der Waals surface area contributed by atoms with E-state index >= 15 is 0 Å². The van der Waals surface area contributed by atoms with Crippen molar-refractivity contribution in [3.05, 3.63) is 59.2 Å². The first-order valence-corrected chi connectivity index (χ1v) is 8.60. The molecule has 26 heavy (non-hydrogen) atoms. The summed E-state index contributed by atoms with van der Waals surface area (Å²) in [6.45, 7) is 7.86. The van der Waals surface area contributed by atoms with Crippen molar-refractivity contribution in [1.82, 2.24) is 10.9 Å². The molecule has 0 radical (unpaired) electrons. The summed E-state index contributed by atoms with van der Waals surface area (Å²) in [5.41, 5.74) is 7.73. The van der Waals surface area contributed by atoms with E-state index in [4.69, 9.17) is 4.74 Å². The SMILES string of the molecule is CCN(CC)c1ccc(C(=O)NNC(=O)c2ccc(C)c(OC)c2)cc1. The lowest BCUT2D eigenvalue weighted by atomic mass is 10.1. The van der Waals surface area contributed by atoms with Gasteiger partial charge in [0.15, 0.2) is 0 Å². The summed E-state index contributed by atoms with van der Waals surface area (Å²) in [4.78, 5) is 26.6. The molecule has 2 rings (SSSR count). The van der Waals surface area contributed by atoms with Gasteiger partial charge in [-0.2, -0.15) is 0 Å². The van der Waals surface area contributed by atoms with E-state index in [1.54, 1.807) is 37.4 Å². The molecule has 0 aromatic heterocycles. The van der Waals surface area contributed by atoms with Gasteiger partial charge in [-0.25, -0.2) is 0 Å². The number of benzene rings is 2. The van der Waals surface area contributed by atoms with Crippen LogP contribution < -0.4 is 20.5 Å². The Balaban J connectivity index is 1.98. The highest BCUT2D eigenvalue weighted by Gasteiger charge is 2.11. The molecular formula is C20H25N3O3. The predicted octanol–water partition coefficient (Wildman–Crippen LogP) is 2.92. The molecule has 0 aliphatic rings. The first-order valence-electron chi connectivity index (χ1n) is 8.60. The fourth-order valence-electron chi connectivity index (χ4n) is 2.63. The van der Waals surface area contributed by atoms with E-state index in [9.17, 15) is 9.59 Å². The van der Waals surface area contributed by atoms with Crippen molar-refractivity contribution < 1.29 is 14.3 Å². The molecule has 2 aromatic carbocycles. The number of hydrazine groups is 1. The Morgan fingerprint density at radius 1 is 0.923 bits per heavy atom. The molecule has 0 saturated heterocycles. The van der Waals surface area contributed by atoms with Crippen LogP contribution in [0.2, 0.25) is 0 Å². The number of methoxy groups -OCH3 is 1.